The number of nitrogens with zero attached hydrogens (tertiary/aromatic N) is 3. The maximum absolute atomic E-state index is 14.2. The van der Waals surface area contributed by atoms with Crippen molar-refractivity contribution in [3.05, 3.63) is 89.3 Å². The number of rotatable bonds is 6. The Morgan fingerprint density at radius 3 is 2.81 bits per heavy atom. The van der Waals surface area contributed by atoms with Crippen LogP contribution in [-0.2, 0) is 24.4 Å². The first-order chi connectivity index (χ1) is 13.3. The molecule has 0 aliphatic carbocycles. The van der Waals surface area contributed by atoms with Crippen LogP contribution < -0.4 is 0 Å². The molecule has 5 heteroatoms. The molecule has 1 atom stereocenters. The van der Waals surface area contributed by atoms with Gasteiger partial charge in [0, 0.05) is 51.2 Å². The molecule has 2 heterocycles. The second-order valence-corrected chi connectivity index (χ2v) is 6.98. The smallest absolute Gasteiger partial charge is 0.127 e. The molecule has 3 aromatic rings. The topological polar surface area (TPSA) is 30.3 Å². The summed E-state index contributed by atoms with van der Waals surface area (Å²) in [6, 6.07) is 15.5. The summed E-state index contributed by atoms with van der Waals surface area (Å²) in [5, 5.41) is 0. The molecule has 1 aliphatic rings. The van der Waals surface area contributed by atoms with E-state index in [1.165, 1.54) is 17.2 Å². The number of imidazole rings is 1. The van der Waals surface area contributed by atoms with E-state index in [-0.39, 0.29) is 11.7 Å². The first-order valence-electron chi connectivity index (χ1n) is 9.30. The van der Waals surface area contributed by atoms with Crippen LogP contribution in [-0.4, -0.2) is 34.7 Å². The Balaban J connectivity index is 1.65. The summed E-state index contributed by atoms with van der Waals surface area (Å²) < 4.78 is 21.6. The second kappa shape index (κ2) is 8.03. The summed E-state index contributed by atoms with van der Waals surface area (Å²) in [6.07, 6.45) is 3.86. The fraction of sp³-hybridized carbons (Fsp3) is 0.318. The van der Waals surface area contributed by atoms with Crippen molar-refractivity contribution in [1.29, 1.82) is 0 Å². The number of methoxy groups -OCH3 is 1. The number of benzene rings is 2. The Morgan fingerprint density at radius 1 is 1.15 bits per heavy atom. The lowest BCUT2D eigenvalue weighted by atomic mass is 9.88. The fourth-order valence-electron chi connectivity index (χ4n) is 3.90. The minimum absolute atomic E-state index is 0.144. The van der Waals surface area contributed by atoms with E-state index < -0.39 is 0 Å². The van der Waals surface area contributed by atoms with Crippen LogP contribution >= 0.6 is 0 Å². The van der Waals surface area contributed by atoms with Crippen molar-refractivity contribution in [2.24, 2.45) is 0 Å². The lowest BCUT2D eigenvalue weighted by Gasteiger charge is -2.34. The van der Waals surface area contributed by atoms with Crippen molar-refractivity contribution >= 4 is 0 Å². The normalized spacial score (nSPS) is 17.0. The first-order valence-corrected chi connectivity index (χ1v) is 9.30. The predicted octanol–water partition coefficient (Wildman–Crippen LogP) is 3.82. The molecule has 4 nitrogen and oxygen atoms in total. The van der Waals surface area contributed by atoms with Crippen LogP contribution in [0.4, 0.5) is 4.39 Å². The molecule has 2 aromatic carbocycles. The van der Waals surface area contributed by atoms with Crippen molar-refractivity contribution in [2.75, 3.05) is 20.3 Å². The first kappa shape index (κ1) is 17.9. The fourth-order valence-corrected chi connectivity index (χ4v) is 3.90. The van der Waals surface area contributed by atoms with Crippen LogP contribution in [0.2, 0.25) is 0 Å². The van der Waals surface area contributed by atoms with E-state index in [0.717, 1.165) is 31.0 Å². The van der Waals surface area contributed by atoms with Gasteiger partial charge in [0.1, 0.15) is 11.6 Å². The van der Waals surface area contributed by atoms with Gasteiger partial charge in [0.15, 0.2) is 0 Å². The zero-order valence-electron chi connectivity index (χ0n) is 15.5. The van der Waals surface area contributed by atoms with E-state index in [2.05, 4.69) is 38.7 Å². The Morgan fingerprint density at radius 2 is 1.96 bits per heavy atom. The zero-order valence-corrected chi connectivity index (χ0v) is 15.5. The van der Waals surface area contributed by atoms with Gasteiger partial charge >= 0.3 is 0 Å². The Hall–Kier alpha value is -2.50. The van der Waals surface area contributed by atoms with E-state index in [0.29, 0.717) is 13.2 Å². The highest BCUT2D eigenvalue weighted by molar-refractivity contribution is 5.37. The van der Waals surface area contributed by atoms with Crippen LogP contribution in [0.5, 0.6) is 0 Å². The molecular weight excluding hydrogens is 341 g/mol. The lowest BCUT2D eigenvalue weighted by Crippen LogP contribution is -2.35. The standard InChI is InChI=1S/C22H24FN3O/c1-27-13-12-26-11-10-24-22(26)20-16-25(14-17-6-2-4-8-19(17)20)15-18-7-3-5-9-21(18)23/h2-11,20H,12-16H2,1H3/t20-/m1/s1. The Bertz CT molecular complexity index is 908. The molecule has 4 rings (SSSR count). The average molecular weight is 365 g/mol. The summed E-state index contributed by atoms with van der Waals surface area (Å²) in [5.74, 6) is 1.06. The van der Waals surface area contributed by atoms with Gasteiger partial charge in [-0.2, -0.15) is 0 Å². The maximum Gasteiger partial charge on any atom is 0.127 e. The molecule has 0 amide bonds. The Labute approximate surface area is 159 Å². The van der Waals surface area contributed by atoms with Crippen LogP contribution in [0.25, 0.3) is 0 Å². The SMILES string of the molecule is COCCn1ccnc1[C@@H]1CN(Cc2ccccc2F)Cc2ccccc21. The number of hydrogen-bond donors (Lipinski definition) is 0. The van der Waals surface area contributed by atoms with Gasteiger partial charge < -0.3 is 9.30 Å². The highest BCUT2D eigenvalue weighted by Crippen LogP contribution is 2.33. The number of aromatic nitrogens is 2. The predicted molar refractivity (Wildman–Crippen MR) is 103 cm³/mol. The third kappa shape index (κ3) is 3.80. The van der Waals surface area contributed by atoms with Gasteiger partial charge in [0.25, 0.3) is 0 Å². The molecule has 0 saturated heterocycles. The number of ether oxygens (including phenoxy) is 1. The molecule has 0 unspecified atom stereocenters. The van der Waals surface area contributed by atoms with Crippen LogP contribution in [0.3, 0.4) is 0 Å². The van der Waals surface area contributed by atoms with E-state index >= 15 is 0 Å². The average Bonchev–Trinajstić information content (AvgIpc) is 3.16. The van der Waals surface area contributed by atoms with E-state index in [1.807, 2.05) is 24.5 Å². The van der Waals surface area contributed by atoms with Crippen LogP contribution in [0, 0.1) is 5.82 Å². The Kier molecular flexibility index (Phi) is 5.32. The highest BCUT2D eigenvalue weighted by Gasteiger charge is 2.29. The number of hydrogen-bond acceptors (Lipinski definition) is 3. The van der Waals surface area contributed by atoms with Gasteiger partial charge in [-0.05, 0) is 17.2 Å². The van der Waals surface area contributed by atoms with Crippen molar-refractivity contribution in [3.63, 3.8) is 0 Å². The minimum Gasteiger partial charge on any atom is -0.383 e. The number of fused-ring (bicyclic) bond motifs is 1. The molecule has 0 saturated carbocycles. The maximum atomic E-state index is 14.2. The van der Waals surface area contributed by atoms with Crippen molar-refractivity contribution in [1.82, 2.24) is 14.5 Å². The van der Waals surface area contributed by atoms with Crippen molar-refractivity contribution < 1.29 is 9.13 Å². The molecule has 1 aliphatic heterocycles. The van der Waals surface area contributed by atoms with Gasteiger partial charge in [-0.15, -0.1) is 0 Å². The van der Waals surface area contributed by atoms with Crippen LogP contribution in [0.1, 0.15) is 28.4 Å². The van der Waals surface area contributed by atoms with Crippen molar-refractivity contribution in [2.45, 2.75) is 25.6 Å². The van der Waals surface area contributed by atoms with Gasteiger partial charge in [0.2, 0.25) is 0 Å². The third-order valence-electron chi connectivity index (χ3n) is 5.21. The van der Waals surface area contributed by atoms with Gasteiger partial charge in [-0.1, -0.05) is 42.5 Å². The monoisotopic (exact) mass is 365 g/mol. The van der Waals surface area contributed by atoms with Gasteiger partial charge in [0.05, 0.1) is 12.5 Å². The van der Waals surface area contributed by atoms with Gasteiger partial charge in [-0.3, -0.25) is 4.90 Å². The molecule has 0 N–H and O–H groups in total. The summed E-state index contributed by atoms with van der Waals surface area (Å²) in [5.41, 5.74) is 3.33. The third-order valence-corrected chi connectivity index (χ3v) is 5.21. The number of halogens is 1. The minimum atomic E-state index is -0.144. The summed E-state index contributed by atoms with van der Waals surface area (Å²) in [4.78, 5) is 6.96. The summed E-state index contributed by atoms with van der Waals surface area (Å²) >= 11 is 0. The zero-order chi connectivity index (χ0) is 18.6. The lowest BCUT2D eigenvalue weighted by molar-refractivity contribution is 0.184. The molecule has 27 heavy (non-hydrogen) atoms. The molecule has 0 bridgehead atoms. The molecular formula is C22H24FN3O. The quantitative estimate of drug-likeness (QED) is 0.665. The highest BCUT2D eigenvalue weighted by atomic mass is 19.1. The van der Waals surface area contributed by atoms with E-state index in [9.17, 15) is 4.39 Å². The summed E-state index contributed by atoms with van der Waals surface area (Å²) in [6.45, 7) is 3.65. The molecule has 0 spiro atoms. The van der Waals surface area contributed by atoms with Crippen LogP contribution in [0.15, 0.2) is 60.9 Å². The van der Waals surface area contributed by atoms with Gasteiger partial charge in [-0.25, -0.2) is 9.37 Å². The van der Waals surface area contributed by atoms with Crippen molar-refractivity contribution in [3.8, 4) is 0 Å². The molecule has 0 radical (unpaired) electrons. The summed E-state index contributed by atoms with van der Waals surface area (Å²) in [7, 11) is 1.71. The second-order valence-electron chi connectivity index (χ2n) is 6.98. The van der Waals surface area contributed by atoms with E-state index in [4.69, 9.17) is 4.74 Å². The molecule has 140 valence electrons. The molecule has 0 fully saturated rings. The largest absolute Gasteiger partial charge is 0.383 e. The van der Waals surface area contributed by atoms with E-state index in [1.54, 1.807) is 13.2 Å². The molecule has 1 aromatic heterocycles.